The molecule has 6 nitrogen and oxygen atoms in total. The summed E-state index contributed by atoms with van der Waals surface area (Å²) in [5.41, 5.74) is 2.16. The van der Waals surface area contributed by atoms with Crippen LogP contribution in [0.25, 0.3) is 0 Å². The first kappa shape index (κ1) is 18.1. The molecule has 2 aliphatic rings. The van der Waals surface area contributed by atoms with Crippen LogP contribution in [0, 0.1) is 0 Å². The van der Waals surface area contributed by atoms with Crippen LogP contribution in [0.1, 0.15) is 24.8 Å². The number of nitrogens with one attached hydrogen (secondary N) is 1. The van der Waals surface area contributed by atoms with E-state index in [1.54, 1.807) is 6.33 Å². The summed E-state index contributed by atoms with van der Waals surface area (Å²) in [4.78, 5) is 25.0. The molecule has 3 heterocycles. The molecule has 0 aliphatic carbocycles. The van der Waals surface area contributed by atoms with Crippen molar-refractivity contribution in [3.63, 3.8) is 0 Å². The van der Waals surface area contributed by atoms with Crippen LogP contribution in [0.5, 0.6) is 0 Å². The van der Waals surface area contributed by atoms with Gasteiger partial charge in [-0.2, -0.15) is 11.8 Å². The van der Waals surface area contributed by atoms with Gasteiger partial charge in [0.1, 0.15) is 18.0 Å². The molecule has 142 valence electrons. The van der Waals surface area contributed by atoms with Crippen molar-refractivity contribution in [2.24, 2.45) is 0 Å². The molecule has 7 heteroatoms. The predicted octanol–water partition coefficient (Wildman–Crippen LogP) is 3.16. The van der Waals surface area contributed by atoms with Crippen molar-refractivity contribution in [1.82, 2.24) is 9.97 Å². The van der Waals surface area contributed by atoms with E-state index in [9.17, 15) is 4.79 Å². The smallest absolute Gasteiger partial charge is 0.226 e. The molecule has 2 aromatic rings. The third-order valence-corrected chi connectivity index (χ3v) is 5.98. The molecule has 0 spiro atoms. The maximum absolute atomic E-state index is 12.0. The highest BCUT2D eigenvalue weighted by molar-refractivity contribution is 7.99. The summed E-state index contributed by atoms with van der Waals surface area (Å²) in [7, 11) is 0. The van der Waals surface area contributed by atoms with Gasteiger partial charge >= 0.3 is 0 Å². The quantitative estimate of drug-likeness (QED) is 0.856. The van der Waals surface area contributed by atoms with Gasteiger partial charge in [0.05, 0.1) is 0 Å². The zero-order valence-corrected chi connectivity index (χ0v) is 16.2. The molecule has 1 aromatic carbocycles. The lowest BCUT2D eigenvalue weighted by molar-refractivity contribution is -0.119. The Kier molecular flexibility index (Phi) is 5.77. The highest BCUT2D eigenvalue weighted by atomic mass is 32.2. The largest absolute Gasteiger partial charge is 0.366 e. The second kappa shape index (κ2) is 8.61. The number of carbonyl (C=O) groups is 1. The number of amides is 1. The SMILES string of the molecule is O=C1CCCCN1c1ccc(CNc2cc(N3CCSCC3)ncn2)cc1. The van der Waals surface area contributed by atoms with Crippen LogP contribution in [0.15, 0.2) is 36.7 Å². The minimum atomic E-state index is 0.233. The van der Waals surface area contributed by atoms with Gasteiger partial charge in [0.25, 0.3) is 0 Å². The fourth-order valence-electron chi connectivity index (χ4n) is 3.47. The van der Waals surface area contributed by atoms with E-state index in [-0.39, 0.29) is 5.91 Å². The highest BCUT2D eigenvalue weighted by Gasteiger charge is 2.19. The normalized spacial score (nSPS) is 17.9. The average molecular weight is 384 g/mol. The summed E-state index contributed by atoms with van der Waals surface area (Å²) in [6.07, 6.45) is 4.38. The van der Waals surface area contributed by atoms with E-state index in [4.69, 9.17) is 0 Å². The lowest BCUT2D eigenvalue weighted by Gasteiger charge is -2.27. The summed E-state index contributed by atoms with van der Waals surface area (Å²) in [6, 6.07) is 10.3. The Labute approximate surface area is 164 Å². The Morgan fingerprint density at radius 1 is 1.04 bits per heavy atom. The van der Waals surface area contributed by atoms with E-state index in [1.165, 1.54) is 0 Å². The number of anilines is 3. The molecule has 2 aliphatic heterocycles. The lowest BCUT2D eigenvalue weighted by Crippen LogP contribution is -2.35. The monoisotopic (exact) mass is 383 g/mol. The Hall–Kier alpha value is -2.28. The summed E-state index contributed by atoms with van der Waals surface area (Å²) in [5, 5.41) is 3.38. The molecule has 27 heavy (non-hydrogen) atoms. The van der Waals surface area contributed by atoms with Crippen LogP contribution in [-0.2, 0) is 11.3 Å². The zero-order valence-electron chi connectivity index (χ0n) is 15.4. The van der Waals surface area contributed by atoms with Crippen molar-refractivity contribution in [1.29, 1.82) is 0 Å². The summed E-state index contributed by atoms with van der Waals surface area (Å²) >= 11 is 1.99. The highest BCUT2D eigenvalue weighted by Crippen LogP contribution is 2.22. The van der Waals surface area contributed by atoms with E-state index < -0.39 is 0 Å². The number of carbonyl (C=O) groups excluding carboxylic acids is 1. The van der Waals surface area contributed by atoms with E-state index in [2.05, 4.69) is 32.3 Å². The standard InChI is InChI=1S/C20H25N5OS/c26-20-3-1-2-8-25(20)17-6-4-16(5-7-17)14-21-18-13-19(23-15-22-18)24-9-11-27-12-10-24/h4-7,13,15H,1-3,8-12,14H2,(H,21,22,23). The van der Waals surface area contributed by atoms with Gasteiger partial charge in [-0.1, -0.05) is 12.1 Å². The summed E-state index contributed by atoms with van der Waals surface area (Å²) < 4.78 is 0. The van der Waals surface area contributed by atoms with Crippen molar-refractivity contribution in [3.05, 3.63) is 42.2 Å². The molecule has 0 unspecified atom stereocenters. The van der Waals surface area contributed by atoms with Crippen LogP contribution in [0.4, 0.5) is 17.3 Å². The van der Waals surface area contributed by atoms with Crippen LogP contribution >= 0.6 is 11.8 Å². The fourth-order valence-corrected chi connectivity index (χ4v) is 4.38. The number of rotatable bonds is 5. The van der Waals surface area contributed by atoms with Gasteiger partial charge in [0, 0.05) is 55.9 Å². The molecule has 1 N–H and O–H groups in total. The van der Waals surface area contributed by atoms with Crippen molar-refractivity contribution in [3.8, 4) is 0 Å². The maximum Gasteiger partial charge on any atom is 0.226 e. The van der Waals surface area contributed by atoms with Gasteiger partial charge in [-0.25, -0.2) is 9.97 Å². The average Bonchev–Trinajstić information content (AvgIpc) is 2.74. The molecule has 1 aromatic heterocycles. The Bertz CT molecular complexity index is 776. The molecule has 0 atom stereocenters. The van der Waals surface area contributed by atoms with Crippen molar-refractivity contribution < 1.29 is 4.79 Å². The number of nitrogens with zero attached hydrogens (tertiary/aromatic N) is 4. The van der Waals surface area contributed by atoms with Crippen LogP contribution < -0.4 is 15.1 Å². The Morgan fingerprint density at radius 3 is 2.63 bits per heavy atom. The number of hydrogen-bond donors (Lipinski definition) is 1. The third-order valence-electron chi connectivity index (χ3n) is 5.03. The lowest BCUT2D eigenvalue weighted by atomic mass is 10.1. The Balaban J connectivity index is 1.36. The molecular formula is C20H25N5OS. The van der Waals surface area contributed by atoms with E-state index in [1.807, 2.05) is 34.9 Å². The molecule has 2 saturated heterocycles. The molecule has 0 bridgehead atoms. The minimum absolute atomic E-state index is 0.233. The topological polar surface area (TPSA) is 61.4 Å². The number of aromatic nitrogens is 2. The van der Waals surface area contributed by atoms with Crippen LogP contribution in [0.2, 0.25) is 0 Å². The first-order valence-corrected chi connectivity index (χ1v) is 10.7. The zero-order chi connectivity index (χ0) is 18.5. The molecule has 2 fully saturated rings. The van der Waals surface area contributed by atoms with E-state index in [0.29, 0.717) is 13.0 Å². The van der Waals surface area contributed by atoms with Crippen LogP contribution in [-0.4, -0.2) is 47.0 Å². The molecule has 0 saturated carbocycles. The van der Waals surface area contributed by atoms with Gasteiger partial charge in [0.2, 0.25) is 5.91 Å². The maximum atomic E-state index is 12.0. The van der Waals surface area contributed by atoms with Crippen molar-refractivity contribution >= 4 is 35.0 Å². The summed E-state index contributed by atoms with van der Waals surface area (Å²) in [6.45, 7) is 3.60. The molecular weight excluding hydrogens is 358 g/mol. The van der Waals surface area contributed by atoms with Crippen molar-refractivity contribution in [2.75, 3.05) is 46.3 Å². The number of benzene rings is 1. The first-order valence-electron chi connectivity index (χ1n) is 9.57. The second-order valence-electron chi connectivity index (χ2n) is 6.88. The van der Waals surface area contributed by atoms with Crippen molar-refractivity contribution in [2.45, 2.75) is 25.8 Å². The van der Waals surface area contributed by atoms with Gasteiger partial charge in [-0.15, -0.1) is 0 Å². The predicted molar refractivity (Wildman–Crippen MR) is 112 cm³/mol. The van der Waals surface area contributed by atoms with E-state index in [0.717, 1.165) is 66.9 Å². The van der Waals surface area contributed by atoms with Gasteiger partial charge in [-0.3, -0.25) is 4.79 Å². The number of piperidine rings is 1. The van der Waals surface area contributed by atoms with E-state index >= 15 is 0 Å². The fraction of sp³-hybridized carbons (Fsp3) is 0.450. The van der Waals surface area contributed by atoms with Crippen LogP contribution in [0.3, 0.4) is 0 Å². The second-order valence-corrected chi connectivity index (χ2v) is 8.11. The molecule has 4 rings (SSSR count). The number of hydrogen-bond acceptors (Lipinski definition) is 6. The van der Waals surface area contributed by atoms with Gasteiger partial charge < -0.3 is 15.1 Å². The number of thioether (sulfide) groups is 1. The Morgan fingerprint density at radius 2 is 1.85 bits per heavy atom. The van der Waals surface area contributed by atoms with Gasteiger partial charge in [0.15, 0.2) is 0 Å². The summed E-state index contributed by atoms with van der Waals surface area (Å²) in [5.74, 6) is 4.37. The molecule has 1 amide bonds. The first-order chi connectivity index (χ1) is 13.3. The minimum Gasteiger partial charge on any atom is -0.366 e. The third kappa shape index (κ3) is 4.53. The molecule has 0 radical (unpaired) electrons. The van der Waals surface area contributed by atoms with Gasteiger partial charge in [-0.05, 0) is 30.5 Å².